The summed E-state index contributed by atoms with van der Waals surface area (Å²) in [7, 11) is 0. The Morgan fingerprint density at radius 2 is 0.661 bits per heavy atom. The quantitative estimate of drug-likeness (QED) is 0.124. The number of hydrogen-bond donors (Lipinski definition) is 0. The Labute approximate surface area is 362 Å². The summed E-state index contributed by atoms with van der Waals surface area (Å²) in [5.74, 6) is 0. The third kappa shape index (κ3) is 4.67. The van der Waals surface area contributed by atoms with Gasteiger partial charge in [-0.3, -0.25) is 0 Å². The monoisotopic (exact) mass is 788 g/mol. The molecule has 2 aliphatic carbocycles. The molecular formula is C62H44. The van der Waals surface area contributed by atoms with Gasteiger partial charge < -0.3 is 0 Å². The minimum Gasteiger partial charge on any atom is -0.0619 e. The van der Waals surface area contributed by atoms with E-state index in [4.69, 9.17) is 0 Å². The Bertz CT molecular complexity index is 3670. The summed E-state index contributed by atoms with van der Waals surface area (Å²) in [4.78, 5) is 0. The van der Waals surface area contributed by atoms with E-state index in [9.17, 15) is 0 Å². The van der Waals surface area contributed by atoms with Crippen molar-refractivity contribution in [2.45, 2.75) is 38.5 Å². The molecule has 11 aromatic carbocycles. The molecule has 0 heteroatoms. The van der Waals surface area contributed by atoms with E-state index in [1.807, 2.05) is 0 Å². The molecule has 0 spiro atoms. The average molecular weight is 789 g/mol. The van der Waals surface area contributed by atoms with Crippen molar-refractivity contribution in [2.24, 2.45) is 0 Å². The maximum atomic E-state index is 2.52. The zero-order valence-electron chi connectivity index (χ0n) is 35.5. The van der Waals surface area contributed by atoms with Crippen LogP contribution in [0.1, 0.15) is 49.9 Å². The van der Waals surface area contributed by atoms with E-state index in [0.717, 1.165) is 0 Å². The summed E-state index contributed by atoms with van der Waals surface area (Å²) >= 11 is 0. The third-order valence-corrected chi connectivity index (χ3v) is 14.8. The molecule has 11 aromatic rings. The van der Waals surface area contributed by atoms with Crippen LogP contribution in [0.4, 0.5) is 0 Å². The first kappa shape index (κ1) is 35.5. The maximum Gasteiger partial charge on any atom is 0.0165 e. The zero-order valence-corrected chi connectivity index (χ0v) is 35.5. The van der Waals surface area contributed by atoms with Gasteiger partial charge in [-0.05, 0) is 144 Å². The van der Waals surface area contributed by atoms with E-state index < -0.39 is 0 Å². The lowest BCUT2D eigenvalue weighted by Crippen LogP contribution is -2.16. The first-order chi connectivity index (χ1) is 30.3. The second-order valence-electron chi connectivity index (χ2n) is 18.7. The van der Waals surface area contributed by atoms with E-state index in [2.05, 4.69) is 222 Å². The van der Waals surface area contributed by atoms with Crippen LogP contribution in [0.5, 0.6) is 0 Å². The van der Waals surface area contributed by atoms with Gasteiger partial charge in [0.05, 0.1) is 0 Å². The van der Waals surface area contributed by atoms with Gasteiger partial charge in [-0.15, -0.1) is 0 Å². The lowest BCUT2D eigenvalue weighted by Gasteiger charge is -2.25. The van der Waals surface area contributed by atoms with Gasteiger partial charge in [-0.2, -0.15) is 0 Å². The van der Waals surface area contributed by atoms with Crippen LogP contribution in [0.3, 0.4) is 0 Å². The fraction of sp³-hybridized carbons (Fsp3) is 0.0968. The minimum atomic E-state index is -0.189. The van der Waals surface area contributed by atoms with Crippen LogP contribution in [0.2, 0.25) is 0 Å². The molecule has 0 saturated carbocycles. The molecule has 0 bridgehead atoms. The molecule has 13 rings (SSSR count). The molecule has 62 heavy (non-hydrogen) atoms. The van der Waals surface area contributed by atoms with Gasteiger partial charge in [0, 0.05) is 10.8 Å². The molecule has 0 radical (unpaired) electrons. The first-order valence-corrected chi connectivity index (χ1v) is 22.1. The van der Waals surface area contributed by atoms with E-state index in [0.29, 0.717) is 0 Å². The highest BCUT2D eigenvalue weighted by Crippen LogP contribution is 2.58. The molecule has 0 aromatic heterocycles. The summed E-state index contributed by atoms with van der Waals surface area (Å²) in [6, 6.07) is 73.3. The Morgan fingerprint density at radius 1 is 0.242 bits per heavy atom. The predicted octanol–water partition coefficient (Wildman–Crippen LogP) is 17.1. The highest BCUT2D eigenvalue weighted by atomic mass is 14.4. The zero-order chi connectivity index (χ0) is 41.5. The van der Waals surface area contributed by atoms with Gasteiger partial charge in [0.2, 0.25) is 0 Å². The molecule has 0 saturated heterocycles. The highest BCUT2D eigenvalue weighted by molar-refractivity contribution is 6.23. The van der Waals surface area contributed by atoms with Crippen LogP contribution >= 0.6 is 0 Å². The lowest BCUT2D eigenvalue weighted by molar-refractivity contribution is 0.660. The summed E-state index contributed by atoms with van der Waals surface area (Å²) in [5, 5.41) is 13.1. The van der Waals surface area contributed by atoms with Crippen LogP contribution in [-0.2, 0) is 10.8 Å². The van der Waals surface area contributed by atoms with Crippen molar-refractivity contribution in [3.8, 4) is 55.6 Å². The standard InChI is InChI=1S/C62H44/c1-61(2)53-28-16-15-20-43(53)44-34-33-39(35-54(44)61)57-49-25-12-10-23-47(49)56(48-24-11-13-26-50(48)57)38-31-29-37(30-32-38)52-36-55-58(45-21-8-6-19-42(45)52)59-46-22-9-5-17-40(46)41-18-7-14-27-51(41)60(59)62(55,3)4/h5-36H,1-4H3. The van der Waals surface area contributed by atoms with Crippen molar-refractivity contribution in [1.82, 2.24) is 0 Å². The topological polar surface area (TPSA) is 0 Å². The van der Waals surface area contributed by atoms with Crippen LogP contribution < -0.4 is 0 Å². The van der Waals surface area contributed by atoms with E-state index in [-0.39, 0.29) is 10.8 Å². The van der Waals surface area contributed by atoms with E-state index in [1.165, 1.54) is 132 Å². The largest absolute Gasteiger partial charge is 0.0619 e. The van der Waals surface area contributed by atoms with Crippen molar-refractivity contribution in [3.63, 3.8) is 0 Å². The number of hydrogen-bond acceptors (Lipinski definition) is 0. The average Bonchev–Trinajstić information content (AvgIpc) is 3.70. The summed E-state index contributed by atoms with van der Waals surface area (Å²) < 4.78 is 0. The number of benzene rings is 11. The highest BCUT2D eigenvalue weighted by Gasteiger charge is 2.40. The molecule has 2 aliphatic rings. The Balaban J connectivity index is 0.986. The van der Waals surface area contributed by atoms with Crippen LogP contribution in [0, 0.1) is 0 Å². The van der Waals surface area contributed by atoms with Crippen LogP contribution in [0.25, 0.3) is 109 Å². The lowest BCUT2D eigenvalue weighted by atomic mass is 9.78. The van der Waals surface area contributed by atoms with Crippen molar-refractivity contribution >= 4 is 53.9 Å². The van der Waals surface area contributed by atoms with Gasteiger partial charge in [0.25, 0.3) is 0 Å². The van der Waals surface area contributed by atoms with Crippen molar-refractivity contribution < 1.29 is 0 Å². The molecule has 0 N–H and O–H groups in total. The Morgan fingerprint density at radius 3 is 1.27 bits per heavy atom. The van der Waals surface area contributed by atoms with Gasteiger partial charge in [0.1, 0.15) is 0 Å². The smallest absolute Gasteiger partial charge is 0.0165 e. The molecule has 0 aliphatic heterocycles. The van der Waals surface area contributed by atoms with Crippen LogP contribution in [0.15, 0.2) is 194 Å². The van der Waals surface area contributed by atoms with Gasteiger partial charge in [-0.25, -0.2) is 0 Å². The van der Waals surface area contributed by atoms with Gasteiger partial charge >= 0.3 is 0 Å². The van der Waals surface area contributed by atoms with E-state index in [1.54, 1.807) is 0 Å². The van der Waals surface area contributed by atoms with Crippen molar-refractivity contribution in [2.75, 3.05) is 0 Å². The molecule has 292 valence electrons. The fourth-order valence-corrected chi connectivity index (χ4v) is 12.0. The van der Waals surface area contributed by atoms with E-state index >= 15 is 0 Å². The molecule has 0 fully saturated rings. The predicted molar refractivity (Wildman–Crippen MR) is 265 cm³/mol. The molecule has 0 heterocycles. The van der Waals surface area contributed by atoms with Gasteiger partial charge in [-0.1, -0.05) is 210 Å². The Hall–Kier alpha value is -7.28. The van der Waals surface area contributed by atoms with Crippen molar-refractivity contribution in [1.29, 1.82) is 0 Å². The van der Waals surface area contributed by atoms with Crippen molar-refractivity contribution in [3.05, 3.63) is 216 Å². The summed E-state index contributed by atoms with van der Waals surface area (Å²) in [5.41, 5.74) is 18.5. The molecule has 0 amide bonds. The van der Waals surface area contributed by atoms with Gasteiger partial charge in [0.15, 0.2) is 0 Å². The fourth-order valence-electron chi connectivity index (χ4n) is 12.0. The molecular weight excluding hydrogens is 745 g/mol. The SMILES string of the molecule is CC1(C)c2ccccc2-c2ccc(-c3c4ccccc4c(-c4ccc(-c5cc6c(c7ccccc57)-c5c(c7ccccc7c7ccccc57)C6(C)C)cc4)c4ccccc34)cc21. The first-order valence-electron chi connectivity index (χ1n) is 22.1. The normalized spacial score (nSPS) is 14.4. The Kier molecular flexibility index (Phi) is 7.23. The minimum absolute atomic E-state index is 0.0676. The second-order valence-corrected chi connectivity index (χ2v) is 18.7. The number of fused-ring (bicyclic) bond motifs is 15. The second kappa shape index (κ2) is 12.6. The molecule has 0 atom stereocenters. The summed E-state index contributed by atoms with van der Waals surface area (Å²) in [6.07, 6.45) is 0. The molecule has 0 unspecified atom stereocenters. The summed E-state index contributed by atoms with van der Waals surface area (Å²) in [6.45, 7) is 9.62. The maximum absolute atomic E-state index is 2.52. The number of rotatable bonds is 3. The third-order valence-electron chi connectivity index (χ3n) is 14.8. The van der Waals surface area contributed by atoms with Crippen LogP contribution in [-0.4, -0.2) is 0 Å². The molecule has 0 nitrogen and oxygen atoms in total.